The van der Waals surface area contributed by atoms with Crippen molar-refractivity contribution < 1.29 is 9.53 Å². The van der Waals surface area contributed by atoms with Gasteiger partial charge in [0.25, 0.3) is 0 Å². The molecule has 2 amide bonds. The number of hydrogen-bond acceptors (Lipinski definition) is 3. The van der Waals surface area contributed by atoms with Gasteiger partial charge >= 0.3 is 6.03 Å². The van der Waals surface area contributed by atoms with Crippen molar-refractivity contribution in [3.05, 3.63) is 23.8 Å². The Balaban J connectivity index is 1.93. The molecule has 0 unspecified atom stereocenters. The molecular weight excluding hydrogens is 266 g/mol. The van der Waals surface area contributed by atoms with Crippen molar-refractivity contribution in [2.24, 2.45) is 5.73 Å². The quantitative estimate of drug-likeness (QED) is 0.780. The van der Waals surface area contributed by atoms with Gasteiger partial charge in [-0.2, -0.15) is 0 Å². The van der Waals surface area contributed by atoms with Crippen LogP contribution in [0.15, 0.2) is 18.2 Å². The summed E-state index contributed by atoms with van der Waals surface area (Å²) in [6.07, 6.45) is 5.82. The summed E-state index contributed by atoms with van der Waals surface area (Å²) >= 11 is 0. The Morgan fingerprint density at radius 2 is 2.10 bits per heavy atom. The summed E-state index contributed by atoms with van der Waals surface area (Å²) in [5, 5.41) is 5.90. The number of rotatable bonds is 5. The van der Waals surface area contributed by atoms with Crippen molar-refractivity contribution in [3.8, 4) is 5.75 Å². The fraction of sp³-hybridized carbons (Fsp3) is 0.562. The van der Waals surface area contributed by atoms with Gasteiger partial charge in [-0.3, -0.25) is 0 Å². The number of amides is 2. The minimum atomic E-state index is -0.144. The molecule has 1 saturated carbocycles. The second-order valence-electron chi connectivity index (χ2n) is 5.39. The summed E-state index contributed by atoms with van der Waals surface area (Å²) < 4.78 is 5.50. The zero-order valence-electron chi connectivity index (χ0n) is 12.7. The number of carbonyl (C=O) groups is 1. The molecule has 0 saturated heterocycles. The predicted octanol–water partition coefficient (Wildman–Crippen LogP) is 3.00. The fourth-order valence-electron chi connectivity index (χ4n) is 2.71. The monoisotopic (exact) mass is 291 g/mol. The largest absolute Gasteiger partial charge is 0.494 e. The van der Waals surface area contributed by atoms with Gasteiger partial charge in [-0.15, -0.1) is 0 Å². The Labute approximate surface area is 126 Å². The van der Waals surface area contributed by atoms with Crippen LogP contribution in [0.5, 0.6) is 5.75 Å². The lowest BCUT2D eigenvalue weighted by Gasteiger charge is -2.23. The van der Waals surface area contributed by atoms with Crippen LogP contribution in [-0.4, -0.2) is 18.7 Å². The van der Waals surface area contributed by atoms with E-state index in [2.05, 4.69) is 10.6 Å². The Kier molecular flexibility index (Phi) is 5.87. The molecule has 1 aromatic rings. The van der Waals surface area contributed by atoms with E-state index < -0.39 is 0 Å². The standard InChI is InChI=1S/C16H25N3O2/c1-2-21-15-9-8-14(10-12(15)11-17)19-16(20)18-13-6-4-3-5-7-13/h8-10,13H,2-7,11,17H2,1H3,(H2,18,19,20). The molecular formula is C16H25N3O2. The van der Waals surface area contributed by atoms with Crippen LogP contribution < -0.4 is 21.1 Å². The topological polar surface area (TPSA) is 76.4 Å². The van der Waals surface area contributed by atoms with E-state index in [0.29, 0.717) is 19.2 Å². The molecule has 116 valence electrons. The summed E-state index contributed by atoms with van der Waals surface area (Å²) in [5.74, 6) is 0.776. The van der Waals surface area contributed by atoms with Crippen molar-refractivity contribution in [1.29, 1.82) is 0 Å². The van der Waals surface area contributed by atoms with Crippen molar-refractivity contribution in [3.63, 3.8) is 0 Å². The smallest absolute Gasteiger partial charge is 0.319 e. The third-order valence-electron chi connectivity index (χ3n) is 3.78. The molecule has 1 aliphatic rings. The van der Waals surface area contributed by atoms with Crippen LogP contribution in [-0.2, 0) is 6.54 Å². The van der Waals surface area contributed by atoms with Crippen LogP contribution in [0.1, 0.15) is 44.6 Å². The molecule has 0 aliphatic heterocycles. The maximum Gasteiger partial charge on any atom is 0.319 e. The summed E-state index contributed by atoms with van der Waals surface area (Å²) in [4.78, 5) is 12.0. The molecule has 1 fully saturated rings. The van der Waals surface area contributed by atoms with E-state index in [-0.39, 0.29) is 6.03 Å². The first-order valence-electron chi connectivity index (χ1n) is 7.76. The predicted molar refractivity (Wildman–Crippen MR) is 84.5 cm³/mol. The van der Waals surface area contributed by atoms with Crippen LogP contribution in [0.25, 0.3) is 0 Å². The van der Waals surface area contributed by atoms with Gasteiger partial charge in [-0.25, -0.2) is 4.79 Å². The first-order valence-corrected chi connectivity index (χ1v) is 7.76. The lowest BCUT2D eigenvalue weighted by Crippen LogP contribution is -2.39. The SMILES string of the molecule is CCOc1ccc(NC(=O)NC2CCCCC2)cc1CN. The third kappa shape index (κ3) is 4.63. The number of ether oxygens (including phenoxy) is 1. The highest BCUT2D eigenvalue weighted by molar-refractivity contribution is 5.89. The number of benzene rings is 1. The second kappa shape index (κ2) is 7.88. The van der Waals surface area contributed by atoms with Crippen molar-refractivity contribution in [2.75, 3.05) is 11.9 Å². The lowest BCUT2D eigenvalue weighted by molar-refractivity contribution is 0.244. The fourth-order valence-corrected chi connectivity index (χ4v) is 2.71. The molecule has 0 atom stereocenters. The molecule has 0 spiro atoms. The van der Waals surface area contributed by atoms with Crippen LogP contribution >= 0.6 is 0 Å². The summed E-state index contributed by atoms with van der Waals surface area (Å²) in [7, 11) is 0. The summed E-state index contributed by atoms with van der Waals surface area (Å²) in [6.45, 7) is 2.92. The molecule has 2 rings (SSSR count). The van der Waals surface area contributed by atoms with E-state index in [4.69, 9.17) is 10.5 Å². The molecule has 5 nitrogen and oxygen atoms in total. The normalized spacial score (nSPS) is 15.5. The van der Waals surface area contributed by atoms with E-state index in [1.54, 1.807) is 0 Å². The number of hydrogen-bond donors (Lipinski definition) is 3. The Bertz CT molecular complexity index is 471. The highest BCUT2D eigenvalue weighted by Gasteiger charge is 2.15. The summed E-state index contributed by atoms with van der Waals surface area (Å²) in [5.41, 5.74) is 7.36. The van der Waals surface area contributed by atoms with Crippen LogP contribution in [0, 0.1) is 0 Å². The second-order valence-corrected chi connectivity index (χ2v) is 5.39. The average molecular weight is 291 g/mol. The molecule has 0 aromatic heterocycles. The molecule has 0 bridgehead atoms. The molecule has 0 radical (unpaired) electrons. The maximum atomic E-state index is 12.0. The zero-order chi connectivity index (χ0) is 15.1. The van der Waals surface area contributed by atoms with Crippen molar-refractivity contribution in [1.82, 2.24) is 5.32 Å². The van der Waals surface area contributed by atoms with Gasteiger partial charge < -0.3 is 21.1 Å². The van der Waals surface area contributed by atoms with Gasteiger partial charge in [-0.05, 0) is 38.0 Å². The summed E-state index contributed by atoms with van der Waals surface area (Å²) in [6, 6.07) is 5.71. The van der Waals surface area contributed by atoms with E-state index in [1.165, 1.54) is 19.3 Å². The van der Waals surface area contributed by atoms with Crippen molar-refractivity contribution in [2.45, 2.75) is 51.6 Å². The van der Waals surface area contributed by atoms with Crippen molar-refractivity contribution >= 4 is 11.7 Å². The van der Waals surface area contributed by atoms with E-state index >= 15 is 0 Å². The first-order chi connectivity index (χ1) is 10.2. The highest BCUT2D eigenvalue weighted by atomic mass is 16.5. The van der Waals surface area contributed by atoms with E-state index in [1.807, 2.05) is 25.1 Å². The molecule has 21 heavy (non-hydrogen) atoms. The third-order valence-corrected chi connectivity index (χ3v) is 3.78. The van der Waals surface area contributed by atoms with E-state index in [0.717, 1.165) is 29.8 Å². The first kappa shape index (κ1) is 15.6. The van der Waals surface area contributed by atoms with Gasteiger partial charge in [0.05, 0.1) is 6.61 Å². The van der Waals surface area contributed by atoms with Gasteiger partial charge in [0, 0.05) is 23.8 Å². The number of anilines is 1. The molecule has 1 aromatic carbocycles. The number of urea groups is 1. The van der Waals surface area contributed by atoms with Crippen LogP contribution in [0.3, 0.4) is 0 Å². The molecule has 4 N–H and O–H groups in total. The maximum absolute atomic E-state index is 12.0. The van der Waals surface area contributed by atoms with Crippen LogP contribution in [0.4, 0.5) is 10.5 Å². The van der Waals surface area contributed by atoms with Crippen LogP contribution in [0.2, 0.25) is 0 Å². The highest BCUT2D eigenvalue weighted by Crippen LogP contribution is 2.23. The van der Waals surface area contributed by atoms with Gasteiger partial charge in [-0.1, -0.05) is 19.3 Å². The zero-order valence-corrected chi connectivity index (χ0v) is 12.7. The Morgan fingerprint density at radius 3 is 2.76 bits per heavy atom. The van der Waals surface area contributed by atoms with Gasteiger partial charge in [0.2, 0.25) is 0 Å². The number of nitrogens with two attached hydrogens (primary N) is 1. The average Bonchev–Trinajstić information content (AvgIpc) is 2.50. The lowest BCUT2D eigenvalue weighted by atomic mass is 9.96. The Hall–Kier alpha value is -1.75. The number of nitrogens with one attached hydrogen (secondary N) is 2. The van der Waals surface area contributed by atoms with Gasteiger partial charge in [0.15, 0.2) is 0 Å². The van der Waals surface area contributed by atoms with Gasteiger partial charge in [0.1, 0.15) is 5.75 Å². The molecule has 0 heterocycles. The molecule has 1 aliphatic carbocycles. The van der Waals surface area contributed by atoms with E-state index in [9.17, 15) is 4.79 Å². The Morgan fingerprint density at radius 1 is 1.33 bits per heavy atom. The minimum Gasteiger partial charge on any atom is -0.494 e. The minimum absolute atomic E-state index is 0.144. The number of carbonyl (C=O) groups excluding carboxylic acids is 1. The molecule has 5 heteroatoms.